The van der Waals surface area contributed by atoms with E-state index in [4.69, 9.17) is 14.6 Å². The highest BCUT2D eigenvalue weighted by atomic mass is 19.4. The minimum absolute atomic E-state index is 0.0932. The van der Waals surface area contributed by atoms with Crippen molar-refractivity contribution in [2.75, 3.05) is 62.8 Å². The largest absolute Gasteiger partial charge is 0.522 e. The number of urea groups is 1. The maximum atomic E-state index is 12.6. The van der Waals surface area contributed by atoms with E-state index in [-0.39, 0.29) is 26.3 Å². The van der Waals surface area contributed by atoms with Crippen LogP contribution in [0.3, 0.4) is 0 Å². The molecule has 2 amide bonds. The Hall–Kier alpha value is -3.13. The summed E-state index contributed by atoms with van der Waals surface area (Å²) < 4.78 is 52.4. The van der Waals surface area contributed by atoms with Gasteiger partial charge in [0.2, 0.25) is 5.88 Å². The Kier molecular flexibility index (Phi) is 8.14. The van der Waals surface area contributed by atoms with E-state index in [0.29, 0.717) is 43.7 Å². The number of hydrogen-bond donors (Lipinski definition) is 3. The zero-order valence-corrected chi connectivity index (χ0v) is 19.7. The van der Waals surface area contributed by atoms with Crippen molar-refractivity contribution in [3.8, 4) is 17.0 Å². The van der Waals surface area contributed by atoms with Crippen LogP contribution in [0.15, 0.2) is 30.3 Å². The summed E-state index contributed by atoms with van der Waals surface area (Å²) in [6.45, 7) is 3.99. The number of nitrogens with one attached hydrogen (secondary N) is 2. The fraction of sp³-hybridized carbons (Fsp3) is 0.478. The van der Waals surface area contributed by atoms with Gasteiger partial charge in [-0.1, -0.05) is 6.07 Å². The van der Waals surface area contributed by atoms with Crippen molar-refractivity contribution in [2.24, 2.45) is 0 Å². The van der Waals surface area contributed by atoms with Crippen LogP contribution in [0.5, 0.6) is 5.88 Å². The molecular weight excluding hydrogens is 483 g/mol. The molecule has 1 aromatic carbocycles. The number of alkyl halides is 3. The number of rotatable bonds is 7. The van der Waals surface area contributed by atoms with Crippen LogP contribution in [0.1, 0.15) is 5.56 Å². The predicted molar refractivity (Wildman–Crippen MR) is 125 cm³/mol. The second-order valence-corrected chi connectivity index (χ2v) is 8.34. The molecule has 0 saturated carbocycles. The van der Waals surface area contributed by atoms with E-state index < -0.39 is 18.5 Å². The van der Waals surface area contributed by atoms with E-state index in [1.807, 2.05) is 19.1 Å². The van der Waals surface area contributed by atoms with E-state index in [9.17, 15) is 18.0 Å². The number of amides is 2. The summed E-state index contributed by atoms with van der Waals surface area (Å²) in [5.41, 5.74) is 5.61. The lowest BCUT2D eigenvalue weighted by molar-refractivity contribution is -0.338. The minimum atomic E-state index is -4.77. The van der Waals surface area contributed by atoms with Gasteiger partial charge >= 0.3 is 12.4 Å². The quantitative estimate of drug-likeness (QED) is 0.521. The van der Waals surface area contributed by atoms with E-state index in [1.54, 1.807) is 18.2 Å². The maximum Gasteiger partial charge on any atom is 0.522 e. The number of carbonyl (C=O) groups is 1. The molecular formula is C23H28F3N5O5. The smallest absolute Gasteiger partial charge is 0.475 e. The normalized spacial score (nSPS) is 18.4. The molecule has 196 valence electrons. The number of hydrogen-bond acceptors (Lipinski definition) is 8. The number of nitrogens with zero attached hydrogens (tertiary/aromatic N) is 3. The first-order valence-electron chi connectivity index (χ1n) is 11.5. The molecule has 1 atom stereocenters. The zero-order valence-electron chi connectivity index (χ0n) is 19.7. The van der Waals surface area contributed by atoms with Crippen molar-refractivity contribution < 1.29 is 37.3 Å². The molecule has 0 aliphatic carbocycles. The molecule has 2 saturated heterocycles. The standard InChI is InChI=1S/C23H28F3N5O5/c1-15-2-3-17(28-22(33)31-14-18(13-27-31)36-23(24,25)26)12-19(15)16-10-20(30-4-7-34-8-5-30)29-21(11-16)35-9-6-32/h2-3,10-12,18,27,32H,4-9,13-14H2,1H3,(H,28,33). The van der Waals surface area contributed by atoms with Crippen molar-refractivity contribution in [3.05, 3.63) is 35.9 Å². The summed E-state index contributed by atoms with van der Waals surface area (Å²) in [5.74, 6) is 1.06. The van der Waals surface area contributed by atoms with Gasteiger partial charge in [0.15, 0.2) is 0 Å². The summed E-state index contributed by atoms with van der Waals surface area (Å²) in [4.78, 5) is 19.3. The second-order valence-electron chi connectivity index (χ2n) is 8.34. The molecule has 13 heteroatoms. The molecule has 0 bridgehead atoms. The highest BCUT2D eigenvalue weighted by Crippen LogP contribution is 2.32. The van der Waals surface area contributed by atoms with Gasteiger partial charge in [-0.15, -0.1) is 13.2 Å². The number of aliphatic hydroxyl groups excluding tert-OH is 1. The molecule has 2 aromatic rings. The molecule has 2 fully saturated rings. The highest BCUT2D eigenvalue weighted by Gasteiger charge is 2.37. The summed E-state index contributed by atoms with van der Waals surface area (Å²) >= 11 is 0. The van der Waals surface area contributed by atoms with Crippen LogP contribution in [0.25, 0.3) is 11.1 Å². The molecule has 4 rings (SSSR count). The third kappa shape index (κ3) is 6.75. The number of aromatic nitrogens is 1. The number of hydrazine groups is 1. The summed E-state index contributed by atoms with van der Waals surface area (Å²) in [7, 11) is 0. The number of pyridine rings is 1. The van der Waals surface area contributed by atoms with E-state index in [1.165, 1.54) is 0 Å². The van der Waals surface area contributed by atoms with Crippen LogP contribution in [0.2, 0.25) is 0 Å². The first-order valence-corrected chi connectivity index (χ1v) is 11.5. The highest BCUT2D eigenvalue weighted by molar-refractivity contribution is 5.90. The number of carbonyl (C=O) groups excluding carboxylic acids is 1. The third-order valence-electron chi connectivity index (χ3n) is 5.71. The Morgan fingerprint density at radius 3 is 2.78 bits per heavy atom. The molecule has 2 aliphatic rings. The lowest BCUT2D eigenvalue weighted by atomic mass is 10.0. The first-order chi connectivity index (χ1) is 17.2. The number of ether oxygens (including phenoxy) is 3. The van der Waals surface area contributed by atoms with Crippen LogP contribution < -0.4 is 20.4 Å². The Morgan fingerprint density at radius 1 is 1.28 bits per heavy atom. The van der Waals surface area contributed by atoms with Gasteiger partial charge < -0.3 is 24.8 Å². The van der Waals surface area contributed by atoms with E-state index >= 15 is 0 Å². The summed E-state index contributed by atoms with van der Waals surface area (Å²) in [6.07, 6.45) is -5.95. The number of halogens is 3. The second kappa shape index (κ2) is 11.3. The van der Waals surface area contributed by atoms with Gasteiger partial charge in [-0.2, -0.15) is 4.98 Å². The average molecular weight is 512 g/mol. The molecule has 1 aromatic heterocycles. The number of aliphatic hydroxyl groups is 1. The van der Waals surface area contributed by atoms with Gasteiger partial charge in [0.25, 0.3) is 0 Å². The van der Waals surface area contributed by atoms with E-state index in [2.05, 4.69) is 25.4 Å². The van der Waals surface area contributed by atoms with Crippen LogP contribution in [0.4, 0.5) is 29.5 Å². The maximum absolute atomic E-state index is 12.6. The fourth-order valence-corrected chi connectivity index (χ4v) is 3.99. The van der Waals surface area contributed by atoms with Crippen LogP contribution in [0, 0.1) is 6.92 Å². The molecule has 3 N–H and O–H groups in total. The molecule has 2 aliphatic heterocycles. The zero-order chi connectivity index (χ0) is 25.7. The molecule has 0 spiro atoms. The van der Waals surface area contributed by atoms with Gasteiger partial charge in [0, 0.05) is 31.4 Å². The number of morpholine rings is 1. The first kappa shape index (κ1) is 25.9. The van der Waals surface area contributed by atoms with Crippen molar-refractivity contribution in [1.82, 2.24) is 15.4 Å². The SMILES string of the molecule is Cc1ccc(NC(=O)N2CC(OC(F)(F)F)CN2)cc1-c1cc(OCCO)nc(N2CCOCC2)c1. The monoisotopic (exact) mass is 511 g/mol. The number of aryl methyl sites for hydroxylation is 1. The lowest BCUT2D eigenvalue weighted by Gasteiger charge is -2.28. The van der Waals surface area contributed by atoms with Gasteiger partial charge in [-0.3, -0.25) is 9.75 Å². The topological polar surface area (TPSA) is 108 Å². The Labute approximate surface area is 205 Å². The van der Waals surface area contributed by atoms with Gasteiger partial charge in [-0.25, -0.2) is 10.2 Å². The van der Waals surface area contributed by atoms with Crippen LogP contribution in [-0.2, 0) is 9.47 Å². The predicted octanol–water partition coefficient (Wildman–Crippen LogP) is 2.52. The average Bonchev–Trinajstić information content (AvgIpc) is 3.31. The lowest BCUT2D eigenvalue weighted by Crippen LogP contribution is -2.40. The molecule has 1 unspecified atom stereocenters. The number of anilines is 2. The molecule has 3 heterocycles. The Bertz CT molecular complexity index is 1060. The molecule has 10 nitrogen and oxygen atoms in total. The molecule has 0 radical (unpaired) electrons. The number of benzene rings is 1. The fourth-order valence-electron chi connectivity index (χ4n) is 3.99. The van der Waals surface area contributed by atoms with Gasteiger partial charge in [0.1, 0.15) is 18.5 Å². The van der Waals surface area contributed by atoms with Crippen molar-refractivity contribution >= 4 is 17.5 Å². The van der Waals surface area contributed by atoms with Gasteiger partial charge in [0.05, 0.1) is 26.4 Å². The van der Waals surface area contributed by atoms with E-state index in [0.717, 1.165) is 21.7 Å². The summed E-state index contributed by atoms with van der Waals surface area (Å²) in [5, 5.41) is 12.9. The minimum Gasteiger partial charge on any atom is -0.475 e. The van der Waals surface area contributed by atoms with Crippen molar-refractivity contribution in [2.45, 2.75) is 19.4 Å². The molecule has 36 heavy (non-hydrogen) atoms. The van der Waals surface area contributed by atoms with Crippen molar-refractivity contribution in [1.29, 1.82) is 0 Å². The Morgan fingerprint density at radius 2 is 2.06 bits per heavy atom. The Balaban J connectivity index is 1.53. The summed E-state index contributed by atoms with van der Waals surface area (Å²) in [6, 6.07) is 8.40. The van der Waals surface area contributed by atoms with Crippen LogP contribution in [-0.4, -0.2) is 86.2 Å². The van der Waals surface area contributed by atoms with Crippen molar-refractivity contribution in [3.63, 3.8) is 0 Å². The van der Waals surface area contributed by atoms with Crippen LogP contribution >= 0.6 is 0 Å². The third-order valence-corrected chi connectivity index (χ3v) is 5.71. The van der Waals surface area contributed by atoms with Gasteiger partial charge in [-0.05, 0) is 41.8 Å².